The van der Waals surface area contributed by atoms with Crippen molar-refractivity contribution in [1.29, 1.82) is 0 Å². The number of nitrogens with zero attached hydrogens (tertiary/aromatic N) is 4. The van der Waals surface area contributed by atoms with Gasteiger partial charge < -0.3 is 14.7 Å². The van der Waals surface area contributed by atoms with Gasteiger partial charge >= 0.3 is 5.90 Å². The van der Waals surface area contributed by atoms with Crippen molar-refractivity contribution in [2.45, 2.75) is 25.7 Å². The number of hydrogen-bond donors (Lipinski definition) is 0. The number of pyridine rings is 1. The Morgan fingerprint density at radius 2 is 1.72 bits per heavy atom. The van der Waals surface area contributed by atoms with Gasteiger partial charge in [-0.15, -0.1) is 4.99 Å². The van der Waals surface area contributed by atoms with Crippen molar-refractivity contribution in [1.82, 2.24) is 9.88 Å². The molecule has 5 rings (SSSR count). The molecule has 2 aromatic carbocycles. The maximum absolute atomic E-state index is 7.72. The molecule has 2 aliphatic rings. The normalized spacial score (nSPS) is 16.6. The first-order valence-electron chi connectivity index (χ1n) is 11.6. The summed E-state index contributed by atoms with van der Waals surface area (Å²) in [6.45, 7) is 6.12. The zero-order chi connectivity index (χ0) is 21.8. The Labute approximate surface area is 189 Å². The lowest BCUT2D eigenvalue weighted by atomic mass is 10.1. The summed E-state index contributed by atoms with van der Waals surface area (Å²) in [6, 6.07) is 19.2. The topological polar surface area (TPSA) is 63.9 Å². The molecule has 0 bridgehead atoms. The standard InChI is InChI=1S/C26H30N4O2/c31-24-12-10-21-11-13-25(28-26(21)27-24)32-19-4-3-14-29-15-17-30(18-16-29)23-9-5-7-20-6-1-2-8-22(20)23/h1-2,5-9,11,13H,3-4,10,12,14-19H2,(H,27,28,31)/p+1. The Morgan fingerprint density at radius 1 is 0.875 bits per heavy atom. The first-order chi connectivity index (χ1) is 15.8. The molecule has 0 saturated carbocycles. The summed E-state index contributed by atoms with van der Waals surface area (Å²) in [6.07, 6.45) is 3.67. The van der Waals surface area contributed by atoms with Crippen LogP contribution in [0.15, 0.2) is 59.6 Å². The van der Waals surface area contributed by atoms with Crippen molar-refractivity contribution in [3.05, 3.63) is 60.2 Å². The smallest absolute Gasteiger partial charge is 0.332 e. The predicted octanol–water partition coefficient (Wildman–Crippen LogP) is 3.92. The molecule has 3 aromatic rings. The number of anilines is 1. The molecule has 1 aromatic heterocycles. The number of aromatic nitrogens is 1. The number of rotatable bonds is 7. The molecular formula is C26H31N4O2+. The Morgan fingerprint density at radius 3 is 2.62 bits per heavy atom. The predicted molar refractivity (Wildman–Crippen MR) is 131 cm³/mol. The van der Waals surface area contributed by atoms with Gasteiger partial charge in [0.15, 0.2) is 5.82 Å². The zero-order valence-corrected chi connectivity index (χ0v) is 18.5. The molecule has 0 atom stereocenters. The highest BCUT2D eigenvalue weighted by molar-refractivity contribution is 5.94. The van der Waals surface area contributed by atoms with Crippen LogP contribution in [0.25, 0.3) is 10.8 Å². The average Bonchev–Trinajstić information content (AvgIpc) is 2.83. The second-order valence-electron chi connectivity index (χ2n) is 8.57. The number of benzene rings is 2. The quantitative estimate of drug-likeness (QED) is 0.420. The minimum absolute atomic E-state index is 0.405. The van der Waals surface area contributed by atoms with Crippen LogP contribution in [0.2, 0.25) is 0 Å². The lowest BCUT2D eigenvalue weighted by molar-refractivity contribution is 0.237. The van der Waals surface area contributed by atoms with E-state index < -0.39 is 0 Å². The summed E-state index contributed by atoms with van der Waals surface area (Å²) in [4.78, 5) is 13.8. The fourth-order valence-corrected chi connectivity index (χ4v) is 4.58. The van der Waals surface area contributed by atoms with E-state index in [9.17, 15) is 0 Å². The van der Waals surface area contributed by atoms with E-state index in [2.05, 4.69) is 62.2 Å². The highest BCUT2D eigenvalue weighted by Crippen LogP contribution is 2.28. The monoisotopic (exact) mass is 431 g/mol. The van der Waals surface area contributed by atoms with Crippen LogP contribution in [-0.2, 0) is 6.42 Å². The average molecular weight is 432 g/mol. The summed E-state index contributed by atoms with van der Waals surface area (Å²) in [7, 11) is 0. The Balaban J connectivity index is 1.05. The van der Waals surface area contributed by atoms with Crippen molar-refractivity contribution in [3.63, 3.8) is 0 Å². The van der Waals surface area contributed by atoms with Crippen molar-refractivity contribution < 1.29 is 9.84 Å². The molecular weight excluding hydrogens is 400 g/mol. The second-order valence-corrected chi connectivity index (χ2v) is 8.57. The summed E-state index contributed by atoms with van der Waals surface area (Å²) >= 11 is 0. The maximum Gasteiger partial charge on any atom is 0.332 e. The van der Waals surface area contributed by atoms with Crippen LogP contribution in [0.1, 0.15) is 24.8 Å². The van der Waals surface area contributed by atoms with E-state index in [0.29, 0.717) is 30.6 Å². The Kier molecular flexibility index (Phi) is 6.21. The molecule has 3 heterocycles. The molecule has 1 saturated heterocycles. The third-order valence-corrected chi connectivity index (χ3v) is 6.40. The van der Waals surface area contributed by atoms with E-state index in [-0.39, 0.29) is 0 Å². The van der Waals surface area contributed by atoms with Gasteiger partial charge in [0.1, 0.15) is 0 Å². The van der Waals surface area contributed by atoms with Crippen molar-refractivity contribution in [3.8, 4) is 5.88 Å². The van der Waals surface area contributed by atoms with Crippen molar-refractivity contribution in [2.24, 2.45) is 4.99 Å². The minimum atomic E-state index is 0.405. The van der Waals surface area contributed by atoms with Crippen LogP contribution in [0.5, 0.6) is 5.88 Å². The molecule has 0 amide bonds. The van der Waals surface area contributed by atoms with Gasteiger partial charge in [-0.1, -0.05) is 36.4 Å². The molecule has 0 spiro atoms. The molecule has 6 nitrogen and oxygen atoms in total. The second kappa shape index (κ2) is 9.57. The fraction of sp³-hybridized carbons (Fsp3) is 0.385. The van der Waals surface area contributed by atoms with Crippen molar-refractivity contribution >= 4 is 28.2 Å². The molecule has 0 radical (unpaired) electrons. The molecule has 0 aliphatic carbocycles. The summed E-state index contributed by atoms with van der Waals surface area (Å²) in [5.41, 5.74) is 2.46. The first-order valence-corrected chi connectivity index (χ1v) is 11.6. The fourth-order valence-electron chi connectivity index (χ4n) is 4.58. The van der Waals surface area contributed by atoms with Gasteiger partial charge in [0.2, 0.25) is 5.88 Å². The largest absolute Gasteiger partial charge is 0.582 e. The zero-order valence-electron chi connectivity index (χ0n) is 18.5. The van der Waals surface area contributed by atoms with E-state index in [4.69, 9.17) is 9.84 Å². The summed E-state index contributed by atoms with van der Waals surface area (Å²) in [5.74, 6) is 1.68. The number of hydrogen-bond acceptors (Lipinski definition) is 5. The number of fused-ring (bicyclic) bond motifs is 2. The molecule has 166 valence electrons. The number of ether oxygens (including phenoxy) is 1. The van der Waals surface area contributed by atoms with Crippen LogP contribution in [0.4, 0.5) is 11.5 Å². The van der Waals surface area contributed by atoms with Gasteiger partial charge in [-0.2, -0.15) is 4.98 Å². The van der Waals surface area contributed by atoms with Gasteiger partial charge in [-0.25, -0.2) is 0 Å². The molecule has 6 heteroatoms. The van der Waals surface area contributed by atoms with Crippen LogP contribution in [-0.4, -0.2) is 60.2 Å². The number of unbranched alkanes of at least 4 members (excludes halogenated alkanes) is 1. The third kappa shape index (κ3) is 4.70. The van der Waals surface area contributed by atoms with Crippen LogP contribution >= 0.6 is 0 Å². The number of aryl methyl sites for hydroxylation is 1. The number of aliphatic imine (C=N–C) groups is 1. The lowest BCUT2D eigenvalue weighted by Crippen LogP contribution is -2.46. The van der Waals surface area contributed by atoms with Gasteiger partial charge in [0.25, 0.3) is 0 Å². The summed E-state index contributed by atoms with van der Waals surface area (Å²) in [5, 5.41) is 10.4. The van der Waals surface area contributed by atoms with E-state index in [1.165, 1.54) is 16.5 Å². The molecule has 1 fully saturated rings. The molecule has 32 heavy (non-hydrogen) atoms. The van der Waals surface area contributed by atoms with E-state index in [1.54, 1.807) is 0 Å². The number of piperazine rings is 1. The van der Waals surface area contributed by atoms with Crippen LogP contribution in [0.3, 0.4) is 0 Å². The lowest BCUT2D eigenvalue weighted by Gasteiger charge is -2.36. The van der Waals surface area contributed by atoms with E-state index in [1.807, 2.05) is 12.1 Å². The van der Waals surface area contributed by atoms with Crippen LogP contribution < -0.4 is 9.64 Å². The maximum atomic E-state index is 7.72. The summed E-state index contributed by atoms with van der Waals surface area (Å²) < 4.78 is 5.84. The highest BCUT2D eigenvalue weighted by atomic mass is 16.5. The highest BCUT2D eigenvalue weighted by Gasteiger charge is 2.18. The minimum Gasteiger partial charge on any atom is -0.582 e. The SMILES string of the molecule is [OH2+]C1=Nc2nc(OCCCCN3CCN(c4cccc5ccccc45)CC3)ccc2CC1. The Hall–Kier alpha value is -3.12. The molecule has 2 aliphatic heterocycles. The van der Waals surface area contributed by atoms with Gasteiger partial charge in [0, 0.05) is 43.3 Å². The van der Waals surface area contributed by atoms with Gasteiger partial charge in [-0.05, 0) is 48.9 Å². The van der Waals surface area contributed by atoms with Gasteiger partial charge in [-0.3, -0.25) is 4.90 Å². The molecule has 2 N–H and O–H groups in total. The van der Waals surface area contributed by atoms with E-state index in [0.717, 1.165) is 57.5 Å². The molecule has 0 unspecified atom stereocenters. The Bertz CT molecular complexity index is 1100. The van der Waals surface area contributed by atoms with Crippen LogP contribution in [0, 0.1) is 0 Å². The third-order valence-electron chi connectivity index (χ3n) is 6.40. The van der Waals surface area contributed by atoms with Crippen molar-refractivity contribution in [2.75, 3.05) is 44.2 Å². The first kappa shape index (κ1) is 20.8. The van der Waals surface area contributed by atoms with Gasteiger partial charge in [0.05, 0.1) is 13.0 Å². The van der Waals surface area contributed by atoms with E-state index >= 15 is 0 Å².